The Morgan fingerprint density at radius 2 is 2.05 bits per heavy atom. The number of ether oxygens (including phenoxy) is 2. The molecule has 1 aliphatic carbocycles. The fraction of sp³-hybridized carbons (Fsp3) is 0.516. The lowest BCUT2D eigenvalue weighted by atomic mass is 9.73. The Bertz CT molecular complexity index is 1330. The molecular formula is C31H39FN4O4S. The van der Waals surface area contributed by atoms with Crippen molar-refractivity contribution in [2.24, 2.45) is 5.92 Å². The zero-order valence-electron chi connectivity index (χ0n) is 23.9. The molecule has 1 aliphatic heterocycles. The topological polar surface area (TPSA) is 106 Å². The average Bonchev–Trinajstić information content (AvgIpc) is 3.45. The molecule has 3 atom stereocenters. The summed E-state index contributed by atoms with van der Waals surface area (Å²) in [6.45, 7) is 4.45. The molecule has 1 fully saturated rings. The highest BCUT2D eigenvalue weighted by Crippen LogP contribution is 2.48. The molecule has 0 radical (unpaired) electrons. The zero-order valence-corrected chi connectivity index (χ0v) is 24.7. The van der Waals surface area contributed by atoms with E-state index in [2.05, 4.69) is 40.5 Å². The maximum absolute atomic E-state index is 14.6. The number of aliphatic hydroxyl groups is 1. The molecule has 1 amide bonds. The van der Waals surface area contributed by atoms with E-state index >= 15 is 0 Å². The number of aliphatic hydroxyl groups excluding tert-OH is 1. The fourth-order valence-electron chi connectivity index (χ4n) is 5.80. The number of nitrogens with zero attached hydrogens (tertiary/aromatic N) is 2. The van der Waals surface area contributed by atoms with Gasteiger partial charge in [-0.3, -0.25) is 4.79 Å². The van der Waals surface area contributed by atoms with Gasteiger partial charge in [0.15, 0.2) is 0 Å². The van der Waals surface area contributed by atoms with Crippen LogP contribution in [0.3, 0.4) is 0 Å². The molecule has 3 aromatic rings. The number of pyridine rings is 1. The van der Waals surface area contributed by atoms with Crippen LogP contribution in [0.5, 0.6) is 5.88 Å². The summed E-state index contributed by atoms with van der Waals surface area (Å²) in [5, 5.41) is 20.4. The minimum atomic E-state index is -0.946. The third kappa shape index (κ3) is 7.30. The van der Waals surface area contributed by atoms with E-state index < -0.39 is 18.0 Å². The minimum Gasteiger partial charge on any atom is -0.471 e. The van der Waals surface area contributed by atoms with Crippen molar-refractivity contribution in [3.05, 3.63) is 64.5 Å². The number of halogens is 1. The van der Waals surface area contributed by atoms with Crippen LogP contribution in [0.2, 0.25) is 0 Å². The van der Waals surface area contributed by atoms with E-state index in [0.717, 1.165) is 43.2 Å². The molecule has 8 nitrogen and oxygen atoms in total. The molecule has 10 heteroatoms. The first kappa shape index (κ1) is 29.6. The Balaban J connectivity index is 1.34. The van der Waals surface area contributed by atoms with Gasteiger partial charge in [0, 0.05) is 55.0 Å². The number of aromatic nitrogens is 2. The molecule has 220 valence electrons. The standard InChI is InChI=1S/C31H39FN4O4S/c1-19(2)9-21-12-24-26(15-31(5-4-6-31)40-29(24)35-16-21)34-17-27(37)25(36-28(38)18-39-3)13-20-10-22(14-23(32)11-20)30-33-7-8-41-30/h7-8,10-12,14,16,19,25-27,34,37H,4-6,9,13,15,17-18H2,1-3H3,(H,36,38)/t25-,26-,27+/m0/s1. The lowest BCUT2D eigenvalue weighted by Gasteiger charge is -2.47. The van der Waals surface area contributed by atoms with Crippen LogP contribution in [0.1, 0.15) is 62.3 Å². The van der Waals surface area contributed by atoms with Crippen LogP contribution in [0.25, 0.3) is 10.6 Å². The molecule has 1 aromatic carbocycles. The maximum atomic E-state index is 14.6. The summed E-state index contributed by atoms with van der Waals surface area (Å²) in [7, 11) is 1.44. The smallest absolute Gasteiger partial charge is 0.246 e. The maximum Gasteiger partial charge on any atom is 0.246 e. The van der Waals surface area contributed by atoms with E-state index in [4.69, 9.17) is 9.47 Å². The number of carbonyl (C=O) groups excluding carboxylic acids is 1. The number of nitrogens with one attached hydrogen (secondary N) is 2. The quantitative estimate of drug-likeness (QED) is 0.286. The molecule has 0 bridgehead atoms. The number of benzene rings is 1. The van der Waals surface area contributed by atoms with Gasteiger partial charge in [-0.25, -0.2) is 14.4 Å². The van der Waals surface area contributed by atoms with Gasteiger partial charge >= 0.3 is 0 Å². The van der Waals surface area contributed by atoms with Crippen LogP contribution in [0.15, 0.2) is 42.0 Å². The van der Waals surface area contributed by atoms with Crippen LogP contribution < -0.4 is 15.4 Å². The first-order valence-electron chi connectivity index (χ1n) is 14.3. The lowest BCUT2D eigenvalue weighted by molar-refractivity contribution is -0.126. The Hall–Kier alpha value is -2.92. The molecule has 0 saturated heterocycles. The van der Waals surface area contributed by atoms with E-state index in [9.17, 15) is 14.3 Å². The third-order valence-electron chi connectivity index (χ3n) is 7.86. The van der Waals surface area contributed by atoms with Crippen molar-refractivity contribution in [2.45, 2.75) is 76.2 Å². The molecule has 3 N–H and O–H groups in total. The number of hydrogen-bond acceptors (Lipinski definition) is 8. The number of methoxy groups -OCH3 is 1. The van der Waals surface area contributed by atoms with Gasteiger partial charge in [0.1, 0.15) is 23.0 Å². The van der Waals surface area contributed by atoms with Crippen LogP contribution >= 0.6 is 11.3 Å². The number of fused-ring (bicyclic) bond motifs is 1. The van der Waals surface area contributed by atoms with Crippen molar-refractivity contribution in [2.75, 3.05) is 20.3 Å². The van der Waals surface area contributed by atoms with E-state index in [1.807, 2.05) is 17.6 Å². The predicted octanol–water partition coefficient (Wildman–Crippen LogP) is 4.61. The van der Waals surface area contributed by atoms with Crippen molar-refractivity contribution in [1.82, 2.24) is 20.6 Å². The van der Waals surface area contributed by atoms with Crippen LogP contribution in [-0.2, 0) is 22.4 Å². The summed E-state index contributed by atoms with van der Waals surface area (Å²) in [6, 6.07) is 6.19. The second-order valence-corrected chi connectivity index (χ2v) is 12.6. The van der Waals surface area contributed by atoms with E-state index in [0.29, 0.717) is 27.9 Å². The van der Waals surface area contributed by atoms with Crippen LogP contribution in [0.4, 0.5) is 4.39 Å². The Morgan fingerprint density at radius 1 is 1.22 bits per heavy atom. The largest absolute Gasteiger partial charge is 0.471 e. The molecule has 1 spiro atoms. The summed E-state index contributed by atoms with van der Waals surface area (Å²) < 4.78 is 26.0. The van der Waals surface area contributed by atoms with Crippen molar-refractivity contribution in [3.8, 4) is 16.5 Å². The fourth-order valence-corrected chi connectivity index (χ4v) is 6.43. The Labute approximate surface area is 244 Å². The summed E-state index contributed by atoms with van der Waals surface area (Å²) in [4.78, 5) is 21.5. The van der Waals surface area contributed by atoms with E-state index in [1.54, 1.807) is 6.20 Å². The monoisotopic (exact) mass is 582 g/mol. The highest BCUT2D eigenvalue weighted by molar-refractivity contribution is 7.13. The molecular weight excluding hydrogens is 543 g/mol. The molecule has 3 heterocycles. The second kappa shape index (κ2) is 12.9. The molecule has 1 saturated carbocycles. The normalized spacial score (nSPS) is 18.8. The number of rotatable bonds is 12. The minimum absolute atomic E-state index is 0.0469. The summed E-state index contributed by atoms with van der Waals surface area (Å²) in [5.74, 6) is 0.424. The molecule has 41 heavy (non-hydrogen) atoms. The molecule has 2 aromatic heterocycles. The summed E-state index contributed by atoms with van der Waals surface area (Å²) in [5.41, 5.74) is 3.27. The first-order chi connectivity index (χ1) is 19.7. The highest BCUT2D eigenvalue weighted by atomic mass is 32.1. The van der Waals surface area contributed by atoms with Gasteiger partial charge in [-0.2, -0.15) is 0 Å². The summed E-state index contributed by atoms with van der Waals surface area (Å²) in [6.07, 6.45) is 7.69. The van der Waals surface area contributed by atoms with Crippen LogP contribution in [0, 0.1) is 11.7 Å². The van der Waals surface area contributed by atoms with Gasteiger partial charge in [0.05, 0.1) is 12.1 Å². The van der Waals surface area contributed by atoms with Gasteiger partial charge in [0.25, 0.3) is 0 Å². The van der Waals surface area contributed by atoms with E-state index in [1.165, 1.54) is 30.6 Å². The van der Waals surface area contributed by atoms with Gasteiger partial charge in [-0.1, -0.05) is 13.8 Å². The zero-order chi connectivity index (χ0) is 29.0. The van der Waals surface area contributed by atoms with Gasteiger partial charge in [-0.15, -0.1) is 11.3 Å². The van der Waals surface area contributed by atoms with Crippen molar-refractivity contribution in [3.63, 3.8) is 0 Å². The number of carbonyl (C=O) groups is 1. The number of hydrogen-bond donors (Lipinski definition) is 3. The second-order valence-electron chi connectivity index (χ2n) is 11.7. The van der Waals surface area contributed by atoms with E-state index in [-0.39, 0.29) is 37.1 Å². The third-order valence-corrected chi connectivity index (χ3v) is 8.68. The first-order valence-corrected chi connectivity index (χ1v) is 15.2. The van der Waals surface area contributed by atoms with Crippen molar-refractivity contribution >= 4 is 17.2 Å². The Kier molecular flexibility index (Phi) is 9.33. The predicted molar refractivity (Wildman–Crippen MR) is 156 cm³/mol. The van der Waals surface area contributed by atoms with Crippen molar-refractivity contribution < 1.29 is 23.8 Å². The van der Waals surface area contributed by atoms with Crippen molar-refractivity contribution in [1.29, 1.82) is 0 Å². The average molecular weight is 583 g/mol. The SMILES string of the molecule is COCC(=O)N[C@@H](Cc1cc(F)cc(-c2nccs2)c1)[C@H](O)CN[C@H]1CC2(CCC2)Oc2ncc(CC(C)C)cc21. The van der Waals surface area contributed by atoms with Gasteiger partial charge in [0.2, 0.25) is 11.8 Å². The van der Waals surface area contributed by atoms with Gasteiger partial charge in [-0.05, 0) is 73.4 Å². The Morgan fingerprint density at radius 3 is 2.73 bits per heavy atom. The molecule has 5 rings (SSSR count). The number of amides is 1. The van der Waals surface area contributed by atoms with Crippen LogP contribution in [-0.4, -0.2) is 59.0 Å². The molecule has 2 aliphatic rings. The highest BCUT2D eigenvalue weighted by Gasteiger charge is 2.46. The summed E-state index contributed by atoms with van der Waals surface area (Å²) >= 11 is 1.43. The lowest BCUT2D eigenvalue weighted by Crippen LogP contribution is -2.52. The molecule has 0 unspecified atom stereocenters. The van der Waals surface area contributed by atoms with Gasteiger partial charge < -0.3 is 25.2 Å². The number of thiazole rings is 1.